The maximum Gasteiger partial charge on any atom is 0.324 e. The third-order valence-electron chi connectivity index (χ3n) is 4.24. The van der Waals surface area contributed by atoms with Crippen molar-refractivity contribution in [3.8, 4) is 17.1 Å². The fourth-order valence-electron chi connectivity index (χ4n) is 2.83. The van der Waals surface area contributed by atoms with Gasteiger partial charge in [-0.05, 0) is 37.3 Å². The molecule has 0 aliphatic heterocycles. The van der Waals surface area contributed by atoms with E-state index in [9.17, 15) is 14.9 Å². The van der Waals surface area contributed by atoms with Crippen LogP contribution in [-0.2, 0) is 7.05 Å². The van der Waals surface area contributed by atoms with Gasteiger partial charge in [-0.1, -0.05) is 11.3 Å². The molecule has 11 heteroatoms. The summed E-state index contributed by atoms with van der Waals surface area (Å²) in [5, 5.41) is 18.3. The molecule has 1 aromatic carbocycles. The maximum atomic E-state index is 12.6. The number of amides is 1. The van der Waals surface area contributed by atoms with Crippen LogP contribution >= 0.6 is 11.3 Å². The van der Waals surface area contributed by atoms with Crippen LogP contribution in [0.25, 0.3) is 22.4 Å². The van der Waals surface area contributed by atoms with Gasteiger partial charge in [0.1, 0.15) is 11.6 Å². The molecular formula is C19H16N6O4S. The van der Waals surface area contributed by atoms with Crippen LogP contribution in [0.15, 0.2) is 42.6 Å². The van der Waals surface area contributed by atoms with Crippen molar-refractivity contribution < 1.29 is 14.5 Å². The van der Waals surface area contributed by atoms with Crippen LogP contribution in [0, 0.1) is 10.1 Å². The van der Waals surface area contributed by atoms with E-state index in [-0.39, 0.29) is 15.7 Å². The smallest absolute Gasteiger partial charge is 0.324 e. The van der Waals surface area contributed by atoms with Crippen LogP contribution < -0.4 is 10.1 Å². The second-order valence-electron chi connectivity index (χ2n) is 6.21. The van der Waals surface area contributed by atoms with Crippen molar-refractivity contribution in [2.75, 3.05) is 11.9 Å². The average Bonchev–Trinajstić information content (AvgIpc) is 3.37. The number of rotatable bonds is 6. The highest BCUT2D eigenvalue weighted by Crippen LogP contribution is 2.28. The van der Waals surface area contributed by atoms with Crippen LogP contribution in [0.4, 0.5) is 10.8 Å². The summed E-state index contributed by atoms with van der Waals surface area (Å²) in [6, 6.07) is 10.0. The van der Waals surface area contributed by atoms with Gasteiger partial charge in [0.15, 0.2) is 11.5 Å². The molecular weight excluding hydrogens is 408 g/mol. The predicted molar refractivity (Wildman–Crippen MR) is 112 cm³/mol. The van der Waals surface area contributed by atoms with Gasteiger partial charge in [0.25, 0.3) is 5.91 Å². The van der Waals surface area contributed by atoms with E-state index in [2.05, 4.69) is 20.4 Å². The fraction of sp³-hybridized carbons (Fsp3) is 0.158. The quantitative estimate of drug-likeness (QED) is 0.370. The number of aryl methyl sites for hydroxylation is 1. The van der Waals surface area contributed by atoms with Gasteiger partial charge in [0.2, 0.25) is 0 Å². The standard InChI is InChI=1S/C19H16N6O4S/c1-3-29-12-6-4-11(5-7-12)16-21-17(13-10-20-24(2)18(13)22-16)23-19(26)14-8-9-15(30-14)25(27)28/h4-10H,3H2,1-2H3,(H,21,22,23,26). The third-order valence-corrected chi connectivity index (χ3v) is 5.28. The number of nitrogens with one attached hydrogen (secondary N) is 1. The number of thiophene rings is 1. The zero-order valence-electron chi connectivity index (χ0n) is 16.0. The minimum absolute atomic E-state index is 0.107. The summed E-state index contributed by atoms with van der Waals surface area (Å²) < 4.78 is 7.04. The van der Waals surface area contributed by atoms with Crippen molar-refractivity contribution in [3.05, 3.63) is 57.6 Å². The van der Waals surface area contributed by atoms with Crippen molar-refractivity contribution in [1.82, 2.24) is 19.7 Å². The Hall–Kier alpha value is -3.86. The summed E-state index contributed by atoms with van der Waals surface area (Å²) in [5.41, 5.74) is 1.28. The van der Waals surface area contributed by atoms with Crippen molar-refractivity contribution >= 4 is 39.1 Å². The van der Waals surface area contributed by atoms with E-state index in [1.54, 1.807) is 17.9 Å². The molecule has 3 aromatic heterocycles. The molecule has 0 aliphatic rings. The highest BCUT2D eigenvalue weighted by molar-refractivity contribution is 7.17. The van der Waals surface area contributed by atoms with E-state index < -0.39 is 10.8 Å². The predicted octanol–water partition coefficient (Wildman–Crippen LogP) is 3.65. The molecule has 4 aromatic rings. The van der Waals surface area contributed by atoms with E-state index in [4.69, 9.17) is 4.74 Å². The Morgan fingerprint density at radius 1 is 1.23 bits per heavy atom. The van der Waals surface area contributed by atoms with Crippen LogP contribution in [0.2, 0.25) is 0 Å². The Morgan fingerprint density at radius 3 is 2.67 bits per heavy atom. The summed E-state index contributed by atoms with van der Waals surface area (Å²) in [6.07, 6.45) is 1.56. The summed E-state index contributed by atoms with van der Waals surface area (Å²) in [6.45, 7) is 2.47. The normalized spacial score (nSPS) is 10.9. The lowest BCUT2D eigenvalue weighted by atomic mass is 10.2. The first-order valence-corrected chi connectivity index (χ1v) is 9.76. The summed E-state index contributed by atoms with van der Waals surface area (Å²) in [5.74, 6) is 0.921. The van der Waals surface area contributed by atoms with Gasteiger partial charge in [0.05, 0.1) is 28.0 Å². The average molecular weight is 424 g/mol. The first kappa shape index (κ1) is 19.5. The van der Waals surface area contributed by atoms with E-state index in [0.29, 0.717) is 23.5 Å². The number of hydrogen-bond donors (Lipinski definition) is 1. The molecule has 1 amide bonds. The monoisotopic (exact) mass is 424 g/mol. The molecule has 0 atom stereocenters. The molecule has 0 fully saturated rings. The first-order chi connectivity index (χ1) is 14.5. The number of aromatic nitrogens is 4. The summed E-state index contributed by atoms with van der Waals surface area (Å²) in [4.78, 5) is 32.3. The molecule has 0 spiro atoms. The molecule has 152 valence electrons. The van der Waals surface area contributed by atoms with Gasteiger partial charge >= 0.3 is 5.00 Å². The van der Waals surface area contributed by atoms with Crippen molar-refractivity contribution in [2.45, 2.75) is 6.92 Å². The van der Waals surface area contributed by atoms with Crippen LogP contribution in [0.5, 0.6) is 5.75 Å². The minimum atomic E-state index is -0.532. The summed E-state index contributed by atoms with van der Waals surface area (Å²) in [7, 11) is 1.74. The molecule has 1 N–H and O–H groups in total. The number of carbonyl (C=O) groups excluding carboxylic acids is 1. The number of benzene rings is 1. The minimum Gasteiger partial charge on any atom is -0.494 e. The number of carbonyl (C=O) groups is 1. The second kappa shape index (κ2) is 7.87. The lowest BCUT2D eigenvalue weighted by Gasteiger charge is -2.08. The Bertz CT molecular complexity index is 1250. The van der Waals surface area contributed by atoms with Gasteiger partial charge in [-0.3, -0.25) is 19.6 Å². The largest absolute Gasteiger partial charge is 0.494 e. The van der Waals surface area contributed by atoms with Gasteiger partial charge in [-0.2, -0.15) is 5.10 Å². The fourth-order valence-corrected chi connectivity index (χ4v) is 3.55. The number of fused-ring (bicyclic) bond motifs is 1. The van der Waals surface area contributed by atoms with E-state index in [0.717, 1.165) is 22.6 Å². The molecule has 0 radical (unpaired) electrons. The van der Waals surface area contributed by atoms with Gasteiger partial charge in [0, 0.05) is 18.7 Å². The zero-order chi connectivity index (χ0) is 21.3. The number of nitro groups is 1. The molecule has 4 rings (SSSR count). The van der Waals surface area contributed by atoms with Crippen molar-refractivity contribution in [3.63, 3.8) is 0 Å². The molecule has 0 unspecified atom stereocenters. The SMILES string of the molecule is CCOc1ccc(-c2nc(NC(=O)c3ccc([N+](=O)[O-])s3)c3cnn(C)c3n2)cc1. The Kier molecular flexibility index (Phi) is 5.11. The van der Waals surface area contributed by atoms with Crippen LogP contribution in [0.1, 0.15) is 16.6 Å². The van der Waals surface area contributed by atoms with E-state index >= 15 is 0 Å². The lowest BCUT2D eigenvalue weighted by Crippen LogP contribution is -2.12. The molecule has 3 heterocycles. The first-order valence-electron chi connectivity index (χ1n) is 8.95. The zero-order valence-corrected chi connectivity index (χ0v) is 16.8. The number of nitrogens with zero attached hydrogens (tertiary/aromatic N) is 5. The van der Waals surface area contributed by atoms with E-state index in [1.807, 2.05) is 31.2 Å². The number of anilines is 1. The topological polar surface area (TPSA) is 125 Å². The van der Waals surface area contributed by atoms with Gasteiger partial charge in [-0.25, -0.2) is 9.97 Å². The molecule has 0 saturated carbocycles. The molecule has 10 nitrogen and oxygen atoms in total. The highest BCUT2D eigenvalue weighted by atomic mass is 32.1. The number of ether oxygens (including phenoxy) is 1. The van der Waals surface area contributed by atoms with Gasteiger partial charge < -0.3 is 10.1 Å². The van der Waals surface area contributed by atoms with Crippen LogP contribution in [0.3, 0.4) is 0 Å². The molecule has 0 bridgehead atoms. The lowest BCUT2D eigenvalue weighted by molar-refractivity contribution is -0.380. The number of hydrogen-bond acceptors (Lipinski definition) is 8. The Labute approximate surface area is 174 Å². The third kappa shape index (κ3) is 3.70. The Balaban J connectivity index is 1.71. The van der Waals surface area contributed by atoms with Crippen molar-refractivity contribution in [1.29, 1.82) is 0 Å². The highest BCUT2D eigenvalue weighted by Gasteiger charge is 2.19. The Morgan fingerprint density at radius 2 is 2.00 bits per heavy atom. The molecule has 0 aliphatic carbocycles. The van der Waals surface area contributed by atoms with Crippen LogP contribution in [-0.4, -0.2) is 37.2 Å². The molecule has 0 saturated heterocycles. The molecule has 30 heavy (non-hydrogen) atoms. The van der Waals surface area contributed by atoms with Gasteiger partial charge in [-0.15, -0.1) is 0 Å². The van der Waals surface area contributed by atoms with E-state index in [1.165, 1.54) is 12.1 Å². The van der Waals surface area contributed by atoms with Crippen molar-refractivity contribution in [2.24, 2.45) is 7.05 Å². The second-order valence-corrected chi connectivity index (χ2v) is 7.27. The maximum absolute atomic E-state index is 12.6. The summed E-state index contributed by atoms with van der Waals surface area (Å²) >= 11 is 0.796.